The van der Waals surface area contributed by atoms with Gasteiger partial charge >= 0.3 is 11.7 Å². The van der Waals surface area contributed by atoms with Crippen LogP contribution < -0.4 is 16.6 Å². The molecular weight excluding hydrogens is 404 g/mol. The summed E-state index contributed by atoms with van der Waals surface area (Å²) in [5.41, 5.74) is 0.495. The van der Waals surface area contributed by atoms with E-state index in [2.05, 4.69) is 12.2 Å². The Morgan fingerprint density at radius 2 is 2.03 bits per heavy atom. The third kappa shape index (κ3) is 3.37. The summed E-state index contributed by atoms with van der Waals surface area (Å²) in [7, 11) is 0. The zero-order chi connectivity index (χ0) is 21.0. The lowest BCUT2D eigenvalue weighted by molar-refractivity contribution is 0.0965. The molecule has 1 atom stereocenters. The van der Waals surface area contributed by atoms with Gasteiger partial charge in [-0.3, -0.25) is 13.9 Å². The van der Waals surface area contributed by atoms with E-state index in [-0.39, 0.29) is 28.8 Å². The fraction of sp³-hybridized carbons (Fsp3) is 0.667. The molecule has 8 nitrogen and oxygen atoms in total. The van der Waals surface area contributed by atoms with Crippen LogP contribution in [0.2, 0.25) is 0 Å². The van der Waals surface area contributed by atoms with E-state index >= 15 is 0 Å². The molecule has 1 N–H and O–H groups in total. The van der Waals surface area contributed by atoms with Gasteiger partial charge in [-0.15, -0.1) is 11.3 Å². The number of carbonyl (C=O) groups excluding carboxylic acids is 1. The van der Waals surface area contributed by atoms with Gasteiger partial charge in [0.15, 0.2) is 0 Å². The van der Waals surface area contributed by atoms with Crippen molar-refractivity contribution in [2.24, 2.45) is 5.41 Å². The molecule has 0 bridgehead atoms. The third-order valence-electron chi connectivity index (χ3n) is 6.73. The van der Waals surface area contributed by atoms with Crippen LogP contribution >= 0.6 is 11.3 Å². The quantitative estimate of drug-likeness (QED) is 0.757. The van der Waals surface area contributed by atoms with Crippen molar-refractivity contribution in [2.45, 2.75) is 65.3 Å². The molecule has 0 spiro atoms. The van der Waals surface area contributed by atoms with E-state index in [9.17, 15) is 14.4 Å². The first-order valence-corrected chi connectivity index (χ1v) is 11.6. The minimum absolute atomic E-state index is 0.00331. The van der Waals surface area contributed by atoms with Gasteiger partial charge in [-0.2, -0.15) is 0 Å². The Morgan fingerprint density at radius 1 is 1.23 bits per heavy atom. The molecule has 9 heteroatoms. The molecule has 2 amide bonds. The number of aromatic nitrogens is 2. The average molecular weight is 433 g/mol. The summed E-state index contributed by atoms with van der Waals surface area (Å²) in [5, 5.41) is 3.44. The van der Waals surface area contributed by atoms with Crippen molar-refractivity contribution in [3.8, 4) is 0 Å². The maximum Gasteiger partial charge on any atom is 0.332 e. The molecule has 3 aliphatic rings. The van der Waals surface area contributed by atoms with E-state index in [0.29, 0.717) is 42.9 Å². The zero-order valence-electron chi connectivity index (χ0n) is 17.5. The highest BCUT2D eigenvalue weighted by atomic mass is 32.1. The molecule has 3 fully saturated rings. The van der Waals surface area contributed by atoms with Gasteiger partial charge in [-0.25, -0.2) is 9.59 Å². The molecule has 4 heterocycles. The number of nitrogens with zero attached hydrogens (tertiary/aromatic N) is 3. The van der Waals surface area contributed by atoms with Gasteiger partial charge < -0.3 is 15.0 Å². The monoisotopic (exact) mass is 432 g/mol. The van der Waals surface area contributed by atoms with Crippen LogP contribution in [0, 0.1) is 12.3 Å². The van der Waals surface area contributed by atoms with E-state index in [0.717, 1.165) is 42.7 Å². The molecule has 1 saturated carbocycles. The fourth-order valence-corrected chi connectivity index (χ4v) is 5.79. The molecule has 2 saturated heterocycles. The summed E-state index contributed by atoms with van der Waals surface area (Å²) in [5.74, 6) is 0. The normalized spacial score (nSPS) is 22.8. The number of carbonyl (C=O) groups is 1. The van der Waals surface area contributed by atoms with E-state index in [1.165, 1.54) is 15.9 Å². The Labute approximate surface area is 178 Å². The topological polar surface area (TPSA) is 85.6 Å². The molecule has 2 aliphatic heterocycles. The van der Waals surface area contributed by atoms with Crippen LogP contribution in [0.15, 0.2) is 9.59 Å². The summed E-state index contributed by atoms with van der Waals surface area (Å²) in [4.78, 5) is 42.3. The highest BCUT2D eigenvalue weighted by Crippen LogP contribution is 2.46. The number of thiophene rings is 1. The maximum atomic E-state index is 13.4. The second-order valence-corrected chi connectivity index (χ2v) is 10.3. The number of amides is 2. The second-order valence-electron chi connectivity index (χ2n) is 9.21. The summed E-state index contributed by atoms with van der Waals surface area (Å²) in [6.45, 7) is 7.47. The van der Waals surface area contributed by atoms with Gasteiger partial charge in [0.1, 0.15) is 4.83 Å². The number of fused-ring (bicyclic) bond motifs is 1. The fourth-order valence-electron chi connectivity index (χ4n) is 4.47. The largest absolute Gasteiger partial charge is 0.376 e. The number of aryl methyl sites for hydroxylation is 1. The van der Waals surface area contributed by atoms with Gasteiger partial charge in [0.25, 0.3) is 5.56 Å². The summed E-state index contributed by atoms with van der Waals surface area (Å²) in [6.07, 6.45) is 4.01. The van der Waals surface area contributed by atoms with E-state index < -0.39 is 0 Å². The van der Waals surface area contributed by atoms with Crippen LogP contribution in [0.4, 0.5) is 4.79 Å². The number of urea groups is 1. The van der Waals surface area contributed by atoms with Crippen molar-refractivity contribution >= 4 is 27.6 Å². The van der Waals surface area contributed by atoms with Gasteiger partial charge in [0, 0.05) is 31.1 Å². The summed E-state index contributed by atoms with van der Waals surface area (Å²) >= 11 is 1.47. The van der Waals surface area contributed by atoms with Crippen LogP contribution in [0.25, 0.3) is 10.2 Å². The van der Waals surface area contributed by atoms with E-state index in [4.69, 9.17) is 4.74 Å². The zero-order valence-corrected chi connectivity index (χ0v) is 18.3. The van der Waals surface area contributed by atoms with Gasteiger partial charge in [-0.05, 0) is 43.6 Å². The standard InChI is InChI=1S/C21H28N4O4S/c1-13-15(11-23-8-7-22-19(23)27)30-18-16(13)17(26)25(12-21(2)5-6-21)20(28)24(18)10-14-4-3-9-29-14/h14H,3-12H2,1-2H3,(H,22,27)/t14-/m1/s1. The first-order chi connectivity index (χ1) is 14.4. The molecule has 162 valence electrons. The van der Waals surface area contributed by atoms with E-state index in [1.54, 1.807) is 9.47 Å². The third-order valence-corrected chi connectivity index (χ3v) is 8.03. The molecule has 2 aromatic rings. The smallest absolute Gasteiger partial charge is 0.332 e. The van der Waals surface area contributed by atoms with Crippen molar-refractivity contribution in [3.05, 3.63) is 31.3 Å². The minimum atomic E-state index is -0.233. The minimum Gasteiger partial charge on any atom is -0.376 e. The predicted molar refractivity (Wildman–Crippen MR) is 115 cm³/mol. The van der Waals surface area contributed by atoms with Crippen molar-refractivity contribution in [1.82, 2.24) is 19.4 Å². The molecule has 1 aliphatic carbocycles. The second kappa shape index (κ2) is 7.23. The highest BCUT2D eigenvalue weighted by molar-refractivity contribution is 7.18. The molecule has 0 unspecified atom stereocenters. The Kier molecular flexibility index (Phi) is 4.77. The molecule has 0 radical (unpaired) electrons. The molecule has 0 aromatic carbocycles. The van der Waals surface area contributed by atoms with E-state index in [1.807, 2.05) is 6.92 Å². The number of rotatable bonds is 6. The highest BCUT2D eigenvalue weighted by Gasteiger charge is 2.39. The number of nitrogens with one attached hydrogen (secondary N) is 1. The number of hydrogen-bond acceptors (Lipinski definition) is 5. The van der Waals surface area contributed by atoms with Crippen molar-refractivity contribution in [3.63, 3.8) is 0 Å². The summed E-state index contributed by atoms with van der Waals surface area (Å²) in [6, 6.07) is -0.0809. The van der Waals surface area contributed by atoms with Gasteiger partial charge in [-0.1, -0.05) is 6.92 Å². The molecular formula is C21H28N4O4S. The molecule has 2 aromatic heterocycles. The first kappa shape index (κ1) is 19.8. The molecule has 30 heavy (non-hydrogen) atoms. The lowest BCUT2D eigenvalue weighted by Gasteiger charge is -2.17. The van der Waals surface area contributed by atoms with Crippen molar-refractivity contribution < 1.29 is 9.53 Å². The van der Waals surface area contributed by atoms with Crippen LogP contribution in [-0.2, 0) is 24.4 Å². The first-order valence-electron chi connectivity index (χ1n) is 10.8. The summed E-state index contributed by atoms with van der Waals surface area (Å²) < 4.78 is 8.99. The Balaban J connectivity index is 1.64. The van der Waals surface area contributed by atoms with Crippen LogP contribution in [0.3, 0.4) is 0 Å². The number of ether oxygens (including phenoxy) is 1. The van der Waals surface area contributed by atoms with Gasteiger partial charge in [0.05, 0.1) is 24.6 Å². The lowest BCUT2D eigenvalue weighted by atomic mass is 10.1. The maximum absolute atomic E-state index is 13.4. The van der Waals surface area contributed by atoms with Crippen molar-refractivity contribution in [2.75, 3.05) is 19.7 Å². The lowest BCUT2D eigenvalue weighted by Crippen LogP contribution is -2.42. The van der Waals surface area contributed by atoms with Gasteiger partial charge in [0.2, 0.25) is 0 Å². The Hall–Kier alpha value is -2.13. The Bertz CT molecular complexity index is 1120. The average Bonchev–Trinajstić information content (AvgIpc) is 3.09. The van der Waals surface area contributed by atoms with Crippen LogP contribution in [-0.4, -0.2) is 45.9 Å². The van der Waals surface area contributed by atoms with Crippen LogP contribution in [0.5, 0.6) is 0 Å². The van der Waals surface area contributed by atoms with Crippen LogP contribution in [0.1, 0.15) is 43.0 Å². The molecule has 5 rings (SSSR count). The number of hydrogen-bond donors (Lipinski definition) is 1. The predicted octanol–water partition coefficient (Wildman–Crippen LogP) is 2.04. The Morgan fingerprint density at radius 3 is 2.67 bits per heavy atom. The van der Waals surface area contributed by atoms with Crippen molar-refractivity contribution in [1.29, 1.82) is 0 Å². The SMILES string of the molecule is Cc1c(CN2CCNC2=O)sc2c1c(=O)n(CC1(C)CC1)c(=O)n2C[C@H]1CCCO1.